The highest BCUT2D eigenvalue weighted by atomic mass is 19.1. The Hall–Kier alpha value is -2.83. The number of rotatable bonds is 4. The lowest BCUT2D eigenvalue weighted by molar-refractivity contribution is 0.0940. The summed E-state index contributed by atoms with van der Waals surface area (Å²) in [5, 5.41) is 7.32. The SMILES string of the molecule is Cc1noc2nc(C3CC3)cc(C(=O)NC(C)c3ncccc3F)c12. The molecular formula is C18H17FN4O2. The molecule has 1 saturated carbocycles. The number of hydrogen-bond donors (Lipinski definition) is 1. The summed E-state index contributed by atoms with van der Waals surface area (Å²) in [6.45, 7) is 3.47. The van der Waals surface area contributed by atoms with Crippen molar-refractivity contribution in [3.63, 3.8) is 0 Å². The second-order valence-electron chi connectivity index (χ2n) is 6.38. The van der Waals surface area contributed by atoms with Crippen LogP contribution in [-0.4, -0.2) is 21.0 Å². The third kappa shape index (κ3) is 2.86. The van der Waals surface area contributed by atoms with Crippen LogP contribution in [0.3, 0.4) is 0 Å². The van der Waals surface area contributed by atoms with Crippen molar-refractivity contribution in [3.05, 3.63) is 52.9 Å². The molecule has 0 bridgehead atoms. The molecule has 6 nitrogen and oxygen atoms in total. The Labute approximate surface area is 143 Å². The number of aromatic nitrogens is 3. The van der Waals surface area contributed by atoms with Gasteiger partial charge in [0.05, 0.1) is 28.4 Å². The van der Waals surface area contributed by atoms with E-state index in [1.807, 2.05) is 0 Å². The molecule has 0 radical (unpaired) electrons. The summed E-state index contributed by atoms with van der Waals surface area (Å²) in [7, 11) is 0. The van der Waals surface area contributed by atoms with E-state index in [1.165, 1.54) is 18.3 Å². The van der Waals surface area contributed by atoms with E-state index in [1.54, 1.807) is 19.9 Å². The van der Waals surface area contributed by atoms with Gasteiger partial charge in [-0.25, -0.2) is 9.37 Å². The fraction of sp³-hybridized carbons (Fsp3) is 0.333. The molecule has 1 unspecified atom stereocenters. The van der Waals surface area contributed by atoms with Gasteiger partial charge in [-0.1, -0.05) is 5.16 Å². The molecule has 1 N–H and O–H groups in total. The maximum absolute atomic E-state index is 13.9. The minimum Gasteiger partial charge on any atom is -0.344 e. The first-order valence-electron chi connectivity index (χ1n) is 8.22. The van der Waals surface area contributed by atoms with E-state index in [0.717, 1.165) is 18.5 Å². The van der Waals surface area contributed by atoms with Crippen LogP contribution < -0.4 is 5.32 Å². The van der Waals surface area contributed by atoms with Crippen molar-refractivity contribution in [1.29, 1.82) is 0 Å². The summed E-state index contributed by atoms with van der Waals surface area (Å²) in [5.41, 5.74) is 2.46. The third-order valence-corrected chi connectivity index (χ3v) is 4.42. The zero-order valence-corrected chi connectivity index (χ0v) is 13.9. The molecule has 0 saturated heterocycles. The first kappa shape index (κ1) is 15.7. The van der Waals surface area contributed by atoms with Gasteiger partial charge in [-0.15, -0.1) is 0 Å². The number of carbonyl (C=O) groups excluding carboxylic acids is 1. The summed E-state index contributed by atoms with van der Waals surface area (Å²) in [5.74, 6) is -0.403. The largest absolute Gasteiger partial charge is 0.344 e. The van der Waals surface area contributed by atoms with E-state index in [2.05, 4.69) is 20.4 Å². The molecule has 3 aromatic heterocycles. The molecule has 3 aromatic rings. The molecule has 0 aliphatic heterocycles. The average Bonchev–Trinajstić information content (AvgIpc) is 3.38. The van der Waals surface area contributed by atoms with Gasteiger partial charge < -0.3 is 9.84 Å². The van der Waals surface area contributed by atoms with Gasteiger partial charge in [0.15, 0.2) is 0 Å². The smallest absolute Gasteiger partial charge is 0.259 e. The number of halogens is 1. The molecule has 3 heterocycles. The molecule has 1 aliphatic carbocycles. The minimum atomic E-state index is -0.568. The highest BCUT2D eigenvalue weighted by Gasteiger charge is 2.29. The minimum absolute atomic E-state index is 0.200. The van der Waals surface area contributed by atoms with E-state index < -0.39 is 11.9 Å². The van der Waals surface area contributed by atoms with Crippen molar-refractivity contribution in [2.24, 2.45) is 0 Å². The molecule has 1 amide bonds. The van der Waals surface area contributed by atoms with Gasteiger partial charge in [0.2, 0.25) is 0 Å². The van der Waals surface area contributed by atoms with Crippen LogP contribution in [0.2, 0.25) is 0 Å². The zero-order chi connectivity index (χ0) is 17.6. The first-order valence-corrected chi connectivity index (χ1v) is 8.22. The lowest BCUT2D eigenvalue weighted by atomic mass is 10.1. The van der Waals surface area contributed by atoms with E-state index in [-0.39, 0.29) is 11.6 Å². The van der Waals surface area contributed by atoms with Crippen molar-refractivity contribution < 1.29 is 13.7 Å². The number of amides is 1. The average molecular weight is 340 g/mol. The second-order valence-corrected chi connectivity index (χ2v) is 6.38. The maximum Gasteiger partial charge on any atom is 0.259 e. The highest BCUT2D eigenvalue weighted by molar-refractivity contribution is 6.06. The summed E-state index contributed by atoms with van der Waals surface area (Å²) in [4.78, 5) is 21.3. The van der Waals surface area contributed by atoms with Gasteiger partial charge in [0, 0.05) is 17.8 Å². The number of aryl methyl sites for hydroxylation is 1. The van der Waals surface area contributed by atoms with Gasteiger partial charge in [-0.2, -0.15) is 0 Å². The standard InChI is InChI=1S/C18H17FN4O2/c1-9-15-12(8-14(11-5-6-11)22-18(15)25-23-9)17(24)21-10(2)16-13(19)4-3-7-20-16/h3-4,7-8,10-11H,5-6H2,1-2H3,(H,21,24). The van der Waals surface area contributed by atoms with Crippen molar-refractivity contribution in [1.82, 2.24) is 20.4 Å². The quantitative estimate of drug-likeness (QED) is 0.787. The van der Waals surface area contributed by atoms with Crippen LogP contribution in [0.1, 0.15) is 59.2 Å². The Morgan fingerprint density at radius 2 is 2.24 bits per heavy atom. The molecule has 1 aliphatic rings. The van der Waals surface area contributed by atoms with E-state index >= 15 is 0 Å². The zero-order valence-electron chi connectivity index (χ0n) is 13.9. The van der Waals surface area contributed by atoms with Crippen molar-refractivity contribution >= 4 is 17.0 Å². The van der Waals surface area contributed by atoms with Gasteiger partial charge in [0.25, 0.3) is 11.6 Å². The Morgan fingerprint density at radius 3 is 2.96 bits per heavy atom. The summed E-state index contributed by atoms with van der Waals surface area (Å²) >= 11 is 0. The normalized spacial score (nSPS) is 15.3. The molecule has 1 atom stereocenters. The number of fused-ring (bicyclic) bond motifs is 1. The number of nitrogens with one attached hydrogen (secondary N) is 1. The van der Waals surface area contributed by atoms with Crippen molar-refractivity contribution in [2.75, 3.05) is 0 Å². The van der Waals surface area contributed by atoms with Crippen LogP contribution in [0.25, 0.3) is 11.1 Å². The molecule has 128 valence electrons. The van der Waals surface area contributed by atoms with Crippen molar-refractivity contribution in [2.45, 2.75) is 38.6 Å². The van der Waals surface area contributed by atoms with E-state index in [4.69, 9.17) is 4.52 Å². The third-order valence-electron chi connectivity index (χ3n) is 4.42. The molecular weight excluding hydrogens is 323 g/mol. The second kappa shape index (κ2) is 5.91. The number of pyridine rings is 2. The molecule has 25 heavy (non-hydrogen) atoms. The van der Waals surface area contributed by atoms with Crippen LogP contribution in [-0.2, 0) is 0 Å². The van der Waals surface area contributed by atoms with Crippen LogP contribution >= 0.6 is 0 Å². The van der Waals surface area contributed by atoms with Crippen LogP contribution in [0.4, 0.5) is 4.39 Å². The lowest BCUT2D eigenvalue weighted by Crippen LogP contribution is -2.28. The Balaban J connectivity index is 1.69. The first-order chi connectivity index (χ1) is 12.0. The van der Waals surface area contributed by atoms with E-state index in [0.29, 0.717) is 28.3 Å². The summed E-state index contributed by atoms with van der Waals surface area (Å²) < 4.78 is 19.1. The van der Waals surface area contributed by atoms with Crippen molar-refractivity contribution in [3.8, 4) is 0 Å². The van der Waals surface area contributed by atoms with Crippen LogP contribution in [0, 0.1) is 12.7 Å². The molecule has 7 heteroatoms. The topological polar surface area (TPSA) is 80.9 Å². The highest BCUT2D eigenvalue weighted by Crippen LogP contribution is 2.40. The Kier molecular flexibility index (Phi) is 3.71. The van der Waals surface area contributed by atoms with Gasteiger partial charge in [-0.3, -0.25) is 9.78 Å². The molecule has 0 spiro atoms. The molecule has 4 rings (SSSR count). The lowest BCUT2D eigenvalue weighted by Gasteiger charge is -2.14. The van der Waals surface area contributed by atoms with Gasteiger partial charge in [0.1, 0.15) is 5.82 Å². The Morgan fingerprint density at radius 1 is 1.44 bits per heavy atom. The monoisotopic (exact) mass is 340 g/mol. The fourth-order valence-electron chi connectivity index (χ4n) is 2.94. The maximum atomic E-state index is 13.9. The van der Waals surface area contributed by atoms with Gasteiger partial charge >= 0.3 is 0 Å². The van der Waals surface area contributed by atoms with Crippen LogP contribution in [0.5, 0.6) is 0 Å². The number of carbonyl (C=O) groups is 1. The molecule has 0 aromatic carbocycles. The predicted octanol–water partition coefficient (Wildman–Crippen LogP) is 3.43. The fourth-order valence-corrected chi connectivity index (χ4v) is 2.94. The summed E-state index contributed by atoms with van der Waals surface area (Å²) in [6, 6.07) is 4.07. The summed E-state index contributed by atoms with van der Waals surface area (Å²) in [6.07, 6.45) is 3.62. The number of hydrogen-bond acceptors (Lipinski definition) is 5. The Bertz CT molecular complexity index is 965. The predicted molar refractivity (Wildman–Crippen MR) is 88.6 cm³/mol. The molecule has 1 fully saturated rings. The van der Waals surface area contributed by atoms with E-state index in [9.17, 15) is 9.18 Å². The van der Waals surface area contributed by atoms with Crippen LogP contribution in [0.15, 0.2) is 28.9 Å². The number of nitrogens with zero attached hydrogens (tertiary/aromatic N) is 3. The van der Waals surface area contributed by atoms with Gasteiger partial charge in [-0.05, 0) is 44.9 Å².